The molecule has 1 atom stereocenters. The summed E-state index contributed by atoms with van der Waals surface area (Å²) in [6, 6.07) is 20.0. The van der Waals surface area contributed by atoms with E-state index in [9.17, 15) is 9.18 Å². The molecule has 0 fully saturated rings. The molecule has 4 rings (SSSR count). The van der Waals surface area contributed by atoms with Crippen LogP contribution in [0.4, 0.5) is 4.39 Å². The van der Waals surface area contributed by atoms with Crippen molar-refractivity contribution in [2.24, 2.45) is 0 Å². The predicted octanol–water partition coefficient (Wildman–Crippen LogP) is 3.78. The first kappa shape index (κ1) is 21.1. The number of nitrogens with zero attached hydrogens (tertiary/aromatic N) is 3. The van der Waals surface area contributed by atoms with Crippen LogP contribution in [-0.2, 0) is 11.2 Å². The monoisotopic (exact) mass is 453 g/mol. The number of carbonyl (C=O) groups excluding carboxylic acids is 1. The van der Waals surface area contributed by atoms with E-state index in [0.717, 1.165) is 10.4 Å². The number of carbonyl (C=O) groups is 1. The lowest BCUT2D eigenvalue weighted by atomic mass is 10.1. The average Bonchev–Trinajstić information content (AvgIpc) is 3.44. The first-order chi connectivity index (χ1) is 15.1. The molecule has 0 saturated heterocycles. The number of thioether (sulfide) groups is 1. The molecule has 0 aliphatic carbocycles. The predicted molar refractivity (Wildman–Crippen MR) is 121 cm³/mol. The van der Waals surface area contributed by atoms with Gasteiger partial charge in [0.15, 0.2) is 5.82 Å². The lowest BCUT2D eigenvalue weighted by Crippen LogP contribution is -2.30. The number of nitrogens with one attached hydrogen (secondary N) is 1. The van der Waals surface area contributed by atoms with Gasteiger partial charge in [-0.2, -0.15) is 0 Å². The van der Waals surface area contributed by atoms with Gasteiger partial charge in [0.25, 0.3) is 0 Å². The van der Waals surface area contributed by atoms with Crippen LogP contribution >= 0.6 is 23.1 Å². The third-order valence-electron chi connectivity index (χ3n) is 4.64. The van der Waals surface area contributed by atoms with Crippen molar-refractivity contribution in [3.63, 3.8) is 0 Å². The van der Waals surface area contributed by atoms with Crippen LogP contribution in [0.1, 0.15) is 27.9 Å². The highest BCUT2D eigenvalue weighted by Crippen LogP contribution is 2.26. The number of nitrogens with two attached hydrogens (primary N) is 1. The van der Waals surface area contributed by atoms with Gasteiger partial charge >= 0.3 is 0 Å². The standard InChI is InChI=1S/C22H20FN5OS2/c23-17-10-5-4-9-16(17)13-19-26-27-22(28(19)24)31-14-20(29)25-21(18-11-6-12-30-18)15-7-2-1-3-8-15/h1-12,21H,13-14,24H2,(H,25,29). The molecule has 1 amide bonds. The first-order valence-electron chi connectivity index (χ1n) is 9.55. The highest BCUT2D eigenvalue weighted by molar-refractivity contribution is 7.99. The van der Waals surface area contributed by atoms with Gasteiger partial charge in [0.05, 0.1) is 11.8 Å². The van der Waals surface area contributed by atoms with Crippen molar-refractivity contribution in [2.45, 2.75) is 17.6 Å². The number of aromatic nitrogens is 3. The van der Waals surface area contributed by atoms with Crippen molar-refractivity contribution in [2.75, 3.05) is 11.6 Å². The maximum Gasteiger partial charge on any atom is 0.231 e. The van der Waals surface area contributed by atoms with Gasteiger partial charge in [-0.1, -0.05) is 66.4 Å². The smallest absolute Gasteiger partial charge is 0.231 e. The fraction of sp³-hybridized carbons (Fsp3) is 0.136. The maximum absolute atomic E-state index is 13.9. The molecule has 1 unspecified atom stereocenters. The van der Waals surface area contributed by atoms with Crippen molar-refractivity contribution in [1.29, 1.82) is 0 Å². The largest absolute Gasteiger partial charge is 0.344 e. The van der Waals surface area contributed by atoms with E-state index in [1.54, 1.807) is 29.5 Å². The lowest BCUT2D eigenvalue weighted by molar-refractivity contribution is -0.119. The normalized spacial score (nSPS) is 11.9. The molecular formula is C22H20FN5OS2. The molecule has 0 bridgehead atoms. The SMILES string of the molecule is Nn1c(Cc2ccccc2F)nnc1SCC(=O)NC(c1ccccc1)c1cccs1. The van der Waals surface area contributed by atoms with Gasteiger partial charge in [-0.3, -0.25) is 4.79 Å². The topological polar surface area (TPSA) is 85.8 Å². The van der Waals surface area contributed by atoms with Gasteiger partial charge in [-0.25, -0.2) is 9.07 Å². The van der Waals surface area contributed by atoms with Crippen LogP contribution in [0.2, 0.25) is 0 Å². The van der Waals surface area contributed by atoms with E-state index in [2.05, 4.69) is 15.5 Å². The second-order valence-electron chi connectivity index (χ2n) is 6.75. The molecule has 2 aromatic carbocycles. The molecule has 0 aliphatic heterocycles. The Morgan fingerprint density at radius 1 is 1.10 bits per heavy atom. The van der Waals surface area contributed by atoms with Crippen LogP contribution in [-0.4, -0.2) is 26.5 Å². The summed E-state index contributed by atoms with van der Waals surface area (Å²) in [5, 5.41) is 13.6. The molecule has 2 heterocycles. The molecular weight excluding hydrogens is 433 g/mol. The van der Waals surface area contributed by atoms with E-state index in [1.807, 2.05) is 47.8 Å². The summed E-state index contributed by atoms with van der Waals surface area (Å²) in [6.07, 6.45) is 0.220. The fourth-order valence-corrected chi connectivity index (χ4v) is 4.58. The summed E-state index contributed by atoms with van der Waals surface area (Å²) >= 11 is 2.78. The van der Waals surface area contributed by atoms with Crippen molar-refractivity contribution >= 4 is 29.0 Å². The summed E-state index contributed by atoms with van der Waals surface area (Å²) in [5.41, 5.74) is 1.50. The summed E-state index contributed by atoms with van der Waals surface area (Å²) < 4.78 is 15.2. The number of nitrogen functional groups attached to an aromatic ring is 1. The number of hydrogen-bond acceptors (Lipinski definition) is 6. The molecule has 6 nitrogen and oxygen atoms in total. The van der Waals surface area contributed by atoms with E-state index >= 15 is 0 Å². The number of rotatable bonds is 8. The number of amides is 1. The Labute approximate surface area is 187 Å². The molecule has 31 heavy (non-hydrogen) atoms. The van der Waals surface area contributed by atoms with Crippen molar-refractivity contribution in [1.82, 2.24) is 20.2 Å². The molecule has 0 spiro atoms. The lowest BCUT2D eigenvalue weighted by Gasteiger charge is -2.18. The zero-order chi connectivity index (χ0) is 21.6. The molecule has 4 aromatic rings. The van der Waals surface area contributed by atoms with Crippen LogP contribution in [0, 0.1) is 5.82 Å². The zero-order valence-corrected chi connectivity index (χ0v) is 18.1. The van der Waals surface area contributed by atoms with Gasteiger partial charge in [0.2, 0.25) is 11.1 Å². The Balaban J connectivity index is 1.40. The molecule has 0 saturated carbocycles. The summed E-state index contributed by atoms with van der Waals surface area (Å²) in [6.45, 7) is 0. The van der Waals surface area contributed by atoms with Crippen LogP contribution in [0.15, 0.2) is 77.3 Å². The molecule has 9 heteroatoms. The molecule has 158 valence electrons. The Kier molecular flexibility index (Phi) is 6.63. The summed E-state index contributed by atoms with van der Waals surface area (Å²) in [5.74, 6) is 6.16. The van der Waals surface area contributed by atoms with E-state index < -0.39 is 0 Å². The number of benzene rings is 2. The Morgan fingerprint density at radius 2 is 1.87 bits per heavy atom. The van der Waals surface area contributed by atoms with Crippen LogP contribution < -0.4 is 11.2 Å². The molecule has 3 N–H and O–H groups in total. The van der Waals surface area contributed by atoms with Gasteiger partial charge < -0.3 is 11.2 Å². The average molecular weight is 454 g/mol. The number of thiophene rings is 1. The van der Waals surface area contributed by atoms with E-state index in [0.29, 0.717) is 16.5 Å². The van der Waals surface area contributed by atoms with Gasteiger partial charge in [-0.05, 0) is 28.6 Å². The van der Waals surface area contributed by atoms with E-state index in [4.69, 9.17) is 5.84 Å². The van der Waals surface area contributed by atoms with Crippen LogP contribution in [0.3, 0.4) is 0 Å². The molecule has 0 radical (unpaired) electrons. The van der Waals surface area contributed by atoms with Crippen molar-refractivity contribution in [3.8, 4) is 0 Å². The Hall–Kier alpha value is -3.17. The maximum atomic E-state index is 13.9. The summed E-state index contributed by atoms with van der Waals surface area (Å²) in [7, 11) is 0. The fourth-order valence-electron chi connectivity index (χ4n) is 3.09. The molecule has 0 aliphatic rings. The number of hydrogen-bond donors (Lipinski definition) is 2. The minimum Gasteiger partial charge on any atom is -0.344 e. The van der Waals surface area contributed by atoms with E-state index in [-0.39, 0.29) is 29.9 Å². The zero-order valence-electron chi connectivity index (χ0n) is 16.4. The second-order valence-corrected chi connectivity index (χ2v) is 8.67. The Bertz CT molecular complexity index is 1150. The van der Waals surface area contributed by atoms with Crippen LogP contribution in [0.5, 0.6) is 0 Å². The van der Waals surface area contributed by atoms with Gasteiger partial charge in [-0.15, -0.1) is 21.5 Å². The third kappa shape index (κ3) is 5.12. The third-order valence-corrected chi connectivity index (χ3v) is 6.52. The molecule has 2 aromatic heterocycles. The minimum atomic E-state index is -0.320. The first-order valence-corrected chi connectivity index (χ1v) is 11.4. The second kappa shape index (κ2) is 9.76. The van der Waals surface area contributed by atoms with Crippen LogP contribution in [0.25, 0.3) is 0 Å². The van der Waals surface area contributed by atoms with Gasteiger partial charge in [0.1, 0.15) is 5.82 Å². The number of halogens is 1. The highest BCUT2D eigenvalue weighted by atomic mass is 32.2. The minimum absolute atomic E-state index is 0.129. The van der Waals surface area contributed by atoms with Crippen molar-refractivity contribution < 1.29 is 9.18 Å². The van der Waals surface area contributed by atoms with Crippen molar-refractivity contribution in [3.05, 3.63) is 99.8 Å². The quantitative estimate of drug-likeness (QED) is 0.313. The van der Waals surface area contributed by atoms with E-state index in [1.165, 1.54) is 22.5 Å². The van der Waals surface area contributed by atoms with Gasteiger partial charge in [0, 0.05) is 11.3 Å². The Morgan fingerprint density at radius 3 is 2.61 bits per heavy atom. The summed E-state index contributed by atoms with van der Waals surface area (Å²) in [4.78, 5) is 13.7. The highest BCUT2D eigenvalue weighted by Gasteiger charge is 2.19.